The van der Waals surface area contributed by atoms with Crippen molar-refractivity contribution in [1.29, 1.82) is 0 Å². The molecule has 0 unspecified atom stereocenters. The van der Waals surface area contributed by atoms with Gasteiger partial charge in [0.2, 0.25) is 11.8 Å². The van der Waals surface area contributed by atoms with Crippen LogP contribution in [0.15, 0.2) is 49.5 Å². The van der Waals surface area contributed by atoms with Crippen molar-refractivity contribution in [2.75, 3.05) is 13.1 Å². The molecular formula is C18H15F3N4O2. The summed E-state index contributed by atoms with van der Waals surface area (Å²) in [7, 11) is 0. The molecule has 140 valence electrons. The third-order valence-corrected chi connectivity index (χ3v) is 3.91. The smallest absolute Gasteiger partial charge is 0.433 e. The molecule has 2 aromatic rings. The lowest BCUT2D eigenvalue weighted by Crippen LogP contribution is -2.33. The van der Waals surface area contributed by atoms with Crippen LogP contribution in [0, 0.1) is 0 Å². The van der Waals surface area contributed by atoms with Gasteiger partial charge in [0.25, 0.3) is 0 Å². The molecule has 1 aliphatic heterocycles. The fourth-order valence-corrected chi connectivity index (χ4v) is 2.55. The molecule has 0 bridgehead atoms. The van der Waals surface area contributed by atoms with Gasteiger partial charge in [-0.15, -0.1) is 0 Å². The lowest BCUT2D eigenvalue weighted by atomic mass is 10.0. The number of alkyl halides is 3. The van der Waals surface area contributed by atoms with Gasteiger partial charge in [-0.25, -0.2) is 15.0 Å². The van der Waals surface area contributed by atoms with Gasteiger partial charge >= 0.3 is 6.18 Å². The molecule has 0 N–H and O–H groups in total. The van der Waals surface area contributed by atoms with Crippen LogP contribution in [0.3, 0.4) is 0 Å². The summed E-state index contributed by atoms with van der Waals surface area (Å²) >= 11 is 0. The molecular weight excluding hydrogens is 361 g/mol. The van der Waals surface area contributed by atoms with E-state index in [2.05, 4.69) is 21.5 Å². The second-order valence-electron chi connectivity index (χ2n) is 5.66. The molecule has 3 heterocycles. The van der Waals surface area contributed by atoms with Crippen molar-refractivity contribution in [2.24, 2.45) is 0 Å². The molecule has 1 aliphatic rings. The van der Waals surface area contributed by atoms with Gasteiger partial charge in [0, 0.05) is 25.5 Å². The van der Waals surface area contributed by atoms with Gasteiger partial charge in [-0.1, -0.05) is 12.7 Å². The first kappa shape index (κ1) is 18.6. The Bertz CT molecular complexity index is 879. The molecule has 0 saturated carbocycles. The highest BCUT2D eigenvalue weighted by atomic mass is 19.4. The fraction of sp³-hybridized carbons (Fsp3) is 0.222. The Hall–Kier alpha value is -3.23. The number of amides is 1. The molecule has 0 spiro atoms. The maximum absolute atomic E-state index is 12.6. The minimum absolute atomic E-state index is 0.115. The summed E-state index contributed by atoms with van der Waals surface area (Å²) in [5.41, 5.74) is 0.311. The van der Waals surface area contributed by atoms with Crippen molar-refractivity contribution < 1.29 is 22.7 Å². The normalized spacial score (nSPS) is 14.5. The highest BCUT2D eigenvalue weighted by Gasteiger charge is 2.32. The lowest BCUT2D eigenvalue weighted by molar-refractivity contribution is -0.141. The van der Waals surface area contributed by atoms with Gasteiger partial charge in [-0.3, -0.25) is 4.79 Å². The van der Waals surface area contributed by atoms with Gasteiger partial charge < -0.3 is 9.64 Å². The van der Waals surface area contributed by atoms with Gasteiger partial charge in [0.1, 0.15) is 17.1 Å². The molecule has 1 amide bonds. The van der Waals surface area contributed by atoms with Gasteiger partial charge in [-0.05, 0) is 30.2 Å². The van der Waals surface area contributed by atoms with Crippen molar-refractivity contribution in [1.82, 2.24) is 19.9 Å². The average molecular weight is 376 g/mol. The summed E-state index contributed by atoms with van der Waals surface area (Å²) in [6, 6.07) is 2.01. The second-order valence-corrected chi connectivity index (χ2v) is 5.66. The van der Waals surface area contributed by atoms with Crippen LogP contribution in [0.2, 0.25) is 0 Å². The van der Waals surface area contributed by atoms with E-state index in [-0.39, 0.29) is 17.5 Å². The van der Waals surface area contributed by atoms with Crippen LogP contribution in [0.25, 0.3) is 5.57 Å². The minimum Gasteiger partial charge on any atom is -0.435 e. The summed E-state index contributed by atoms with van der Waals surface area (Å²) < 4.78 is 43.4. The Morgan fingerprint density at radius 1 is 1.22 bits per heavy atom. The Kier molecular flexibility index (Phi) is 5.20. The maximum atomic E-state index is 12.6. The highest BCUT2D eigenvalue weighted by molar-refractivity contribution is 5.87. The van der Waals surface area contributed by atoms with Gasteiger partial charge in [-0.2, -0.15) is 13.2 Å². The molecule has 9 heteroatoms. The van der Waals surface area contributed by atoms with E-state index < -0.39 is 11.9 Å². The summed E-state index contributed by atoms with van der Waals surface area (Å²) in [5, 5.41) is 0. The Morgan fingerprint density at radius 2 is 2.00 bits per heavy atom. The van der Waals surface area contributed by atoms with E-state index >= 15 is 0 Å². The number of halogens is 3. The standard InChI is InChI=1S/C18H15F3N4O2/c1-2-15(26)25-9-5-12(6-10-25)16-17(23-8-7-22-16)27-13-3-4-14(24-11-13)18(19,20)21/h2-5,7-8,11H,1,6,9-10H2. The van der Waals surface area contributed by atoms with Crippen molar-refractivity contribution in [2.45, 2.75) is 12.6 Å². The molecule has 0 atom stereocenters. The van der Waals surface area contributed by atoms with Crippen molar-refractivity contribution >= 4 is 11.5 Å². The van der Waals surface area contributed by atoms with E-state index in [0.29, 0.717) is 25.2 Å². The first-order valence-corrected chi connectivity index (χ1v) is 8.01. The van der Waals surface area contributed by atoms with Crippen LogP contribution in [-0.2, 0) is 11.0 Å². The summed E-state index contributed by atoms with van der Waals surface area (Å²) in [5.74, 6) is 0.121. The number of carbonyl (C=O) groups is 1. The molecule has 0 aliphatic carbocycles. The molecule has 6 nitrogen and oxygen atoms in total. The zero-order valence-corrected chi connectivity index (χ0v) is 14.1. The summed E-state index contributed by atoms with van der Waals surface area (Å²) in [4.78, 5) is 25.0. The monoisotopic (exact) mass is 376 g/mol. The number of nitrogens with zero attached hydrogens (tertiary/aromatic N) is 4. The molecule has 0 saturated heterocycles. The Labute approximate surface area is 153 Å². The first-order valence-electron chi connectivity index (χ1n) is 8.01. The van der Waals surface area contributed by atoms with E-state index in [9.17, 15) is 18.0 Å². The van der Waals surface area contributed by atoms with Crippen LogP contribution in [-0.4, -0.2) is 38.8 Å². The predicted octanol–water partition coefficient (Wildman–Crippen LogP) is 3.48. The lowest BCUT2D eigenvalue weighted by Gasteiger charge is -2.25. The number of pyridine rings is 1. The van der Waals surface area contributed by atoms with Crippen LogP contribution in [0.1, 0.15) is 17.8 Å². The average Bonchev–Trinajstić information content (AvgIpc) is 2.68. The zero-order chi connectivity index (χ0) is 19.4. The van der Waals surface area contributed by atoms with Gasteiger partial charge in [0.15, 0.2) is 0 Å². The van der Waals surface area contributed by atoms with Crippen LogP contribution in [0.4, 0.5) is 13.2 Å². The molecule has 3 rings (SSSR count). The summed E-state index contributed by atoms with van der Waals surface area (Å²) in [6.07, 6.45) is 3.03. The third-order valence-electron chi connectivity index (χ3n) is 3.91. The molecule has 0 aromatic carbocycles. The highest BCUT2D eigenvalue weighted by Crippen LogP contribution is 2.32. The topological polar surface area (TPSA) is 68.2 Å². The third kappa shape index (κ3) is 4.30. The van der Waals surface area contributed by atoms with Crippen molar-refractivity contribution in [3.63, 3.8) is 0 Å². The Morgan fingerprint density at radius 3 is 2.59 bits per heavy atom. The zero-order valence-electron chi connectivity index (χ0n) is 14.1. The van der Waals surface area contributed by atoms with E-state index in [1.807, 2.05) is 6.08 Å². The van der Waals surface area contributed by atoms with E-state index in [4.69, 9.17) is 4.74 Å². The number of hydrogen-bond donors (Lipinski definition) is 0. The van der Waals surface area contributed by atoms with E-state index in [1.165, 1.54) is 24.5 Å². The quantitative estimate of drug-likeness (QED) is 0.764. The minimum atomic E-state index is -4.52. The molecule has 0 fully saturated rings. The fourth-order valence-electron chi connectivity index (χ4n) is 2.55. The van der Waals surface area contributed by atoms with E-state index in [1.54, 1.807) is 4.90 Å². The van der Waals surface area contributed by atoms with Crippen LogP contribution in [0.5, 0.6) is 11.6 Å². The van der Waals surface area contributed by atoms with Crippen LogP contribution >= 0.6 is 0 Å². The first-order chi connectivity index (χ1) is 12.9. The van der Waals surface area contributed by atoms with Crippen LogP contribution < -0.4 is 4.74 Å². The SMILES string of the molecule is C=CC(=O)N1CC=C(c2nccnc2Oc2ccc(C(F)(F)F)nc2)CC1. The van der Waals surface area contributed by atoms with Gasteiger partial charge in [0.05, 0.1) is 6.20 Å². The predicted molar refractivity (Wildman–Crippen MR) is 90.7 cm³/mol. The largest absolute Gasteiger partial charge is 0.435 e. The number of ether oxygens (including phenoxy) is 1. The Balaban J connectivity index is 1.80. The number of carbonyl (C=O) groups excluding carboxylic acids is 1. The number of rotatable bonds is 4. The summed E-state index contributed by atoms with van der Waals surface area (Å²) in [6.45, 7) is 4.36. The molecule has 27 heavy (non-hydrogen) atoms. The second kappa shape index (κ2) is 7.56. The molecule has 0 radical (unpaired) electrons. The maximum Gasteiger partial charge on any atom is 0.433 e. The number of hydrogen-bond acceptors (Lipinski definition) is 5. The molecule has 2 aromatic heterocycles. The van der Waals surface area contributed by atoms with E-state index in [0.717, 1.165) is 17.8 Å². The van der Waals surface area contributed by atoms with Crippen molar-refractivity contribution in [3.05, 3.63) is 60.8 Å². The number of aromatic nitrogens is 3. The van der Waals surface area contributed by atoms with Crippen molar-refractivity contribution in [3.8, 4) is 11.6 Å².